The lowest BCUT2D eigenvalue weighted by Gasteiger charge is -2.38. The average molecular weight is 238 g/mol. The number of hydrogen-bond acceptors (Lipinski definition) is 2. The van der Waals surface area contributed by atoms with Gasteiger partial charge in [0.05, 0.1) is 0 Å². The quantitative estimate of drug-likeness (QED) is 0.874. The van der Waals surface area contributed by atoms with Gasteiger partial charge in [-0.05, 0) is 50.2 Å². The second-order valence-electron chi connectivity index (χ2n) is 5.57. The van der Waals surface area contributed by atoms with E-state index < -0.39 is 0 Å². The van der Waals surface area contributed by atoms with Gasteiger partial charge in [-0.1, -0.05) is 26.0 Å². The summed E-state index contributed by atoms with van der Waals surface area (Å²) in [4.78, 5) is 2.14. The third kappa shape index (κ3) is 3.05. The first-order valence-electron chi connectivity index (χ1n) is 5.92. The van der Waals surface area contributed by atoms with E-state index in [1.54, 1.807) is 6.92 Å². The van der Waals surface area contributed by atoms with E-state index in [-0.39, 0.29) is 17.3 Å². The molecule has 96 valence electrons. The number of nitrogens with zero attached hydrogens (tertiary/aromatic N) is 1. The molecule has 1 unspecified atom stereocenters. The van der Waals surface area contributed by atoms with E-state index in [2.05, 4.69) is 18.7 Å². The summed E-state index contributed by atoms with van der Waals surface area (Å²) >= 11 is 0. The van der Waals surface area contributed by atoms with Crippen LogP contribution in [0.5, 0.6) is 0 Å². The fourth-order valence-electron chi connectivity index (χ4n) is 2.40. The fraction of sp³-hybridized carbons (Fsp3) is 0.571. The number of halogens is 1. The lowest BCUT2D eigenvalue weighted by atomic mass is 9.79. The second kappa shape index (κ2) is 5.15. The normalized spacial score (nSPS) is 14.1. The first kappa shape index (κ1) is 14.1. The summed E-state index contributed by atoms with van der Waals surface area (Å²) in [6.45, 7) is 6.65. The van der Waals surface area contributed by atoms with Crippen molar-refractivity contribution >= 4 is 0 Å². The molecule has 0 bridgehead atoms. The van der Waals surface area contributed by atoms with Crippen LogP contribution in [-0.4, -0.2) is 25.5 Å². The van der Waals surface area contributed by atoms with E-state index in [1.165, 1.54) is 6.07 Å². The highest BCUT2D eigenvalue weighted by molar-refractivity contribution is 5.28. The average Bonchev–Trinajstić information content (AvgIpc) is 2.22. The summed E-state index contributed by atoms with van der Waals surface area (Å²) in [5.41, 5.74) is 7.60. The van der Waals surface area contributed by atoms with Gasteiger partial charge in [-0.2, -0.15) is 0 Å². The Balaban J connectivity index is 3.19. The van der Waals surface area contributed by atoms with Gasteiger partial charge in [0, 0.05) is 6.04 Å². The van der Waals surface area contributed by atoms with Crippen LogP contribution in [-0.2, 0) is 0 Å². The predicted molar refractivity (Wildman–Crippen MR) is 70.4 cm³/mol. The molecule has 0 aliphatic carbocycles. The standard InChI is InChI=1S/C14H23FN2/c1-10-8-11(6-7-12(10)15)13(17(4)5)14(2,3)9-16/h6-8,13H,9,16H2,1-5H3. The number of hydrogen-bond donors (Lipinski definition) is 1. The van der Waals surface area contributed by atoms with Crippen LogP contribution < -0.4 is 5.73 Å². The summed E-state index contributed by atoms with van der Waals surface area (Å²) < 4.78 is 13.3. The van der Waals surface area contributed by atoms with Crippen LogP contribution >= 0.6 is 0 Å². The van der Waals surface area contributed by atoms with Crippen LogP contribution in [0.15, 0.2) is 18.2 Å². The number of nitrogens with two attached hydrogens (primary N) is 1. The maximum Gasteiger partial charge on any atom is 0.126 e. The SMILES string of the molecule is Cc1cc(C(N(C)C)C(C)(C)CN)ccc1F. The second-order valence-corrected chi connectivity index (χ2v) is 5.57. The molecular weight excluding hydrogens is 215 g/mol. The van der Waals surface area contributed by atoms with Gasteiger partial charge >= 0.3 is 0 Å². The lowest BCUT2D eigenvalue weighted by Crippen LogP contribution is -2.38. The molecule has 0 aromatic heterocycles. The summed E-state index contributed by atoms with van der Waals surface area (Å²) in [7, 11) is 4.06. The van der Waals surface area contributed by atoms with E-state index in [0.717, 1.165) is 5.56 Å². The summed E-state index contributed by atoms with van der Waals surface area (Å²) in [5, 5.41) is 0. The molecule has 1 aromatic carbocycles. The monoisotopic (exact) mass is 238 g/mol. The van der Waals surface area contributed by atoms with Crippen molar-refractivity contribution < 1.29 is 4.39 Å². The molecule has 1 rings (SSSR count). The van der Waals surface area contributed by atoms with Gasteiger partial charge < -0.3 is 10.6 Å². The van der Waals surface area contributed by atoms with Crippen LogP contribution in [0.1, 0.15) is 31.0 Å². The Bertz CT molecular complexity index is 386. The Morgan fingerprint density at radius 3 is 2.35 bits per heavy atom. The van der Waals surface area contributed by atoms with Crippen LogP contribution in [0.4, 0.5) is 4.39 Å². The summed E-state index contributed by atoms with van der Waals surface area (Å²) in [5.74, 6) is -0.156. The van der Waals surface area contributed by atoms with Crippen LogP contribution in [0, 0.1) is 18.2 Å². The Morgan fingerprint density at radius 1 is 1.35 bits per heavy atom. The summed E-state index contributed by atoms with van der Waals surface area (Å²) in [6.07, 6.45) is 0. The van der Waals surface area contributed by atoms with Crippen molar-refractivity contribution in [3.8, 4) is 0 Å². The van der Waals surface area contributed by atoms with Gasteiger partial charge in [-0.3, -0.25) is 0 Å². The van der Waals surface area contributed by atoms with Gasteiger partial charge in [0.1, 0.15) is 5.82 Å². The zero-order valence-electron chi connectivity index (χ0n) is 11.4. The van der Waals surface area contributed by atoms with Crippen molar-refractivity contribution in [2.45, 2.75) is 26.8 Å². The highest BCUT2D eigenvalue weighted by Gasteiger charge is 2.31. The Morgan fingerprint density at radius 2 is 1.94 bits per heavy atom. The van der Waals surface area contributed by atoms with E-state index in [1.807, 2.05) is 26.2 Å². The minimum atomic E-state index is -0.156. The van der Waals surface area contributed by atoms with Crippen LogP contribution in [0.2, 0.25) is 0 Å². The topological polar surface area (TPSA) is 29.3 Å². The van der Waals surface area contributed by atoms with E-state index >= 15 is 0 Å². The highest BCUT2D eigenvalue weighted by Crippen LogP contribution is 2.36. The molecular formula is C14H23FN2. The minimum absolute atomic E-state index is 0.0478. The largest absolute Gasteiger partial charge is 0.330 e. The van der Waals surface area contributed by atoms with E-state index in [4.69, 9.17) is 5.73 Å². The first-order chi connectivity index (χ1) is 7.79. The molecule has 0 heterocycles. The maximum absolute atomic E-state index is 13.3. The number of benzene rings is 1. The van der Waals surface area contributed by atoms with Gasteiger partial charge in [0.15, 0.2) is 0 Å². The van der Waals surface area contributed by atoms with Crippen molar-refractivity contribution in [3.63, 3.8) is 0 Å². The van der Waals surface area contributed by atoms with Crippen LogP contribution in [0.3, 0.4) is 0 Å². The molecule has 3 heteroatoms. The smallest absolute Gasteiger partial charge is 0.126 e. The molecule has 0 aliphatic heterocycles. The molecule has 1 atom stereocenters. The zero-order valence-corrected chi connectivity index (χ0v) is 11.4. The third-order valence-electron chi connectivity index (χ3n) is 3.28. The van der Waals surface area contributed by atoms with E-state index in [0.29, 0.717) is 12.1 Å². The van der Waals surface area contributed by atoms with Crippen molar-refractivity contribution in [1.82, 2.24) is 4.90 Å². The molecule has 2 N–H and O–H groups in total. The van der Waals surface area contributed by atoms with Crippen molar-refractivity contribution in [1.29, 1.82) is 0 Å². The predicted octanol–water partition coefficient (Wildman–Crippen LogP) is 2.72. The molecule has 0 radical (unpaired) electrons. The van der Waals surface area contributed by atoms with Gasteiger partial charge in [-0.15, -0.1) is 0 Å². The molecule has 0 aliphatic rings. The van der Waals surface area contributed by atoms with Crippen molar-refractivity contribution in [3.05, 3.63) is 35.1 Å². The van der Waals surface area contributed by atoms with Gasteiger partial charge in [-0.25, -0.2) is 4.39 Å². The molecule has 17 heavy (non-hydrogen) atoms. The number of rotatable bonds is 4. The molecule has 0 saturated heterocycles. The Kier molecular flexibility index (Phi) is 4.28. The molecule has 0 fully saturated rings. The van der Waals surface area contributed by atoms with Crippen molar-refractivity contribution in [2.24, 2.45) is 11.1 Å². The highest BCUT2D eigenvalue weighted by atomic mass is 19.1. The van der Waals surface area contributed by atoms with E-state index in [9.17, 15) is 4.39 Å². The van der Waals surface area contributed by atoms with Crippen molar-refractivity contribution in [2.75, 3.05) is 20.6 Å². The molecule has 0 saturated carbocycles. The summed E-state index contributed by atoms with van der Waals surface area (Å²) in [6, 6.07) is 5.49. The fourth-order valence-corrected chi connectivity index (χ4v) is 2.40. The lowest BCUT2D eigenvalue weighted by molar-refractivity contribution is 0.143. The Hall–Kier alpha value is -0.930. The third-order valence-corrected chi connectivity index (χ3v) is 3.28. The molecule has 0 amide bonds. The zero-order chi connectivity index (χ0) is 13.2. The molecule has 2 nitrogen and oxygen atoms in total. The minimum Gasteiger partial charge on any atom is -0.330 e. The van der Waals surface area contributed by atoms with Crippen LogP contribution in [0.25, 0.3) is 0 Å². The van der Waals surface area contributed by atoms with Gasteiger partial charge in [0.2, 0.25) is 0 Å². The molecule has 0 spiro atoms. The first-order valence-corrected chi connectivity index (χ1v) is 5.92. The maximum atomic E-state index is 13.3. The Labute approximate surface area is 104 Å². The molecule has 1 aromatic rings. The number of aryl methyl sites for hydroxylation is 1. The van der Waals surface area contributed by atoms with Gasteiger partial charge in [0.25, 0.3) is 0 Å².